The summed E-state index contributed by atoms with van der Waals surface area (Å²) in [7, 11) is 3.23. The summed E-state index contributed by atoms with van der Waals surface area (Å²) in [6.45, 7) is 1.15. The molecule has 0 aliphatic carbocycles. The summed E-state index contributed by atoms with van der Waals surface area (Å²) in [5, 5.41) is 22.7. The van der Waals surface area contributed by atoms with Crippen LogP contribution in [0, 0.1) is 0 Å². The second-order valence-corrected chi connectivity index (χ2v) is 5.25. The summed E-state index contributed by atoms with van der Waals surface area (Å²) in [4.78, 5) is 0. The largest absolute Gasteiger partial charge is 0.508 e. The third-order valence-electron chi connectivity index (χ3n) is 3.63. The second-order valence-electron chi connectivity index (χ2n) is 5.25. The molecule has 0 radical (unpaired) electrons. The maximum Gasteiger partial charge on any atom is 0.160 e. The van der Waals surface area contributed by atoms with Gasteiger partial charge in [0.2, 0.25) is 0 Å². The first-order valence-corrected chi connectivity index (χ1v) is 7.52. The van der Waals surface area contributed by atoms with Gasteiger partial charge in [0, 0.05) is 6.54 Å². The molecule has 0 bridgehead atoms. The third kappa shape index (κ3) is 5.60. The molecule has 24 heavy (non-hydrogen) atoms. The smallest absolute Gasteiger partial charge is 0.160 e. The van der Waals surface area contributed by atoms with Gasteiger partial charge in [0.05, 0.1) is 20.3 Å². The second kappa shape index (κ2) is 10.0. The zero-order chi connectivity index (χ0) is 16.7. The van der Waals surface area contributed by atoms with Crippen molar-refractivity contribution in [2.75, 3.05) is 27.3 Å². The molecule has 2 rings (SSSR count). The molecule has 132 valence electrons. The van der Waals surface area contributed by atoms with Crippen molar-refractivity contribution in [2.24, 2.45) is 0 Å². The van der Waals surface area contributed by atoms with Gasteiger partial charge in [0.25, 0.3) is 0 Å². The van der Waals surface area contributed by atoms with Crippen LogP contribution in [0.4, 0.5) is 0 Å². The van der Waals surface area contributed by atoms with Crippen molar-refractivity contribution < 1.29 is 19.7 Å². The maximum absolute atomic E-state index is 10.1. The number of rotatable bonds is 8. The minimum absolute atomic E-state index is 0. The molecule has 0 aliphatic heterocycles. The summed E-state index contributed by atoms with van der Waals surface area (Å²) in [5.74, 6) is 1.58. The molecule has 0 aliphatic rings. The van der Waals surface area contributed by atoms with Crippen LogP contribution in [0.1, 0.15) is 17.2 Å². The van der Waals surface area contributed by atoms with E-state index in [0.717, 1.165) is 18.5 Å². The molecule has 3 N–H and O–H groups in total. The summed E-state index contributed by atoms with van der Waals surface area (Å²) in [5.41, 5.74) is 1.82. The van der Waals surface area contributed by atoms with Crippen LogP contribution in [-0.4, -0.2) is 37.5 Å². The molecule has 0 saturated carbocycles. The molecule has 1 atom stereocenters. The molecule has 6 heteroatoms. The number of aromatic hydroxyl groups is 1. The molecular weight excluding hydrogens is 330 g/mol. The topological polar surface area (TPSA) is 71.0 Å². The number of hydrogen-bond donors (Lipinski definition) is 3. The Morgan fingerprint density at radius 2 is 1.79 bits per heavy atom. The van der Waals surface area contributed by atoms with Crippen molar-refractivity contribution >= 4 is 12.4 Å². The van der Waals surface area contributed by atoms with Crippen LogP contribution in [0.5, 0.6) is 17.2 Å². The van der Waals surface area contributed by atoms with Crippen LogP contribution < -0.4 is 14.8 Å². The van der Waals surface area contributed by atoms with E-state index in [0.29, 0.717) is 23.6 Å². The van der Waals surface area contributed by atoms with E-state index < -0.39 is 6.10 Å². The van der Waals surface area contributed by atoms with Crippen molar-refractivity contribution in [1.82, 2.24) is 5.32 Å². The number of nitrogens with one attached hydrogen (secondary N) is 1. The summed E-state index contributed by atoms with van der Waals surface area (Å²) < 4.78 is 10.5. The van der Waals surface area contributed by atoms with E-state index in [9.17, 15) is 10.2 Å². The molecule has 0 fully saturated rings. The third-order valence-corrected chi connectivity index (χ3v) is 3.63. The van der Waals surface area contributed by atoms with Gasteiger partial charge in [-0.1, -0.05) is 18.2 Å². The highest BCUT2D eigenvalue weighted by Gasteiger charge is 2.08. The van der Waals surface area contributed by atoms with Crippen LogP contribution in [0.2, 0.25) is 0 Å². The molecule has 0 spiro atoms. The minimum atomic E-state index is -0.646. The van der Waals surface area contributed by atoms with E-state index in [1.165, 1.54) is 0 Å². The normalized spacial score (nSPS) is 11.5. The van der Waals surface area contributed by atoms with Gasteiger partial charge in [0.15, 0.2) is 11.5 Å². The number of aliphatic hydroxyl groups excluding tert-OH is 1. The monoisotopic (exact) mass is 353 g/mol. The van der Waals surface area contributed by atoms with Crippen LogP contribution in [0.25, 0.3) is 0 Å². The number of aliphatic hydroxyl groups is 1. The first kappa shape index (κ1) is 20.1. The zero-order valence-electron chi connectivity index (χ0n) is 13.9. The Kier molecular flexibility index (Phi) is 8.40. The Balaban J connectivity index is 0.00000288. The molecule has 0 heterocycles. The van der Waals surface area contributed by atoms with Crippen LogP contribution in [0.15, 0.2) is 42.5 Å². The summed E-state index contributed by atoms with van der Waals surface area (Å²) in [6, 6.07) is 12.5. The highest BCUT2D eigenvalue weighted by Crippen LogP contribution is 2.27. The average Bonchev–Trinajstić information content (AvgIpc) is 2.58. The number of methoxy groups -OCH3 is 2. The zero-order valence-corrected chi connectivity index (χ0v) is 14.7. The van der Waals surface area contributed by atoms with E-state index in [2.05, 4.69) is 5.32 Å². The fraction of sp³-hybridized carbons (Fsp3) is 0.333. The summed E-state index contributed by atoms with van der Waals surface area (Å²) in [6.07, 6.45) is 0.167. The van der Waals surface area contributed by atoms with Crippen LogP contribution in [0.3, 0.4) is 0 Å². The van der Waals surface area contributed by atoms with E-state index in [1.54, 1.807) is 38.5 Å². The molecule has 2 aromatic rings. The SMILES string of the molecule is COc1ccc(CCNCC(O)c2cccc(O)c2)cc1OC.Cl. The fourth-order valence-electron chi connectivity index (χ4n) is 2.36. The quantitative estimate of drug-likeness (QED) is 0.636. The Hall–Kier alpha value is -1.95. The number of ether oxygens (including phenoxy) is 2. The highest BCUT2D eigenvalue weighted by atomic mass is 35.5. The molecule has 1 unspecified atom stereocenters. The molecule has 2 aromatic carbocycles. The molecular formula is C18H24ClNO4. The predicted molar refractivity (Wildman–Crippen MR) is 96.4 cm³/mol. The Labute approximate surface area is 148 Å². The van der Waals surface area contributed by atoms with Gasteiger partial charge in [-0.2, -0.15) is 0 Å². The average molecular weight is 354 g/mol. The van der Waals surface area contributed by atoms with Gasteiger partial charge in [0.1, 0.15) is 5.75 Å². The van der Waals surface area contributed by atoms with Crippen molar-refractivity contribution in [1.29, 1.82) is 0 Å². The Morgan fingerprint density at radius 1 is 1.04 bits per heavy atom. The fourth-order valence-corrected chi connectivity index (χ4v) is 2.36. The van der Waals surface area contributed by atoms with Gasteiger partial charge < -0.3 is 25.0 Å². The van der Waals surface area contributed by atoms with Crippen LogP contribution >= 0.6 is 12.4 Å². The molecule has 0 aromatic heterocycles. The van der Waals surface area contributed by atoms with Gasteiger partial charge in [-0.25, -0.2) is 0 Å². The lowest BCUT2D eigenvalue weighted by Crippen LogP contribution is -2.23. The van der Waals surface area contributed by atoms with Crippen molar-refractivity contribution in [2.45, 2.75) is 12.5 Å². The predicted octanol–water partition coefficient (Wildman–Crippen LogP) is 2.70. The van der Waals surface area contributed by atoms with E-state index >= 15 is 0 Å². The lowest BCUT2D eigenvalue weighted by atomic mass is 10.1. The highest BCUT2D eigenvalue weighted by molar-refractivity contribution is 5.85. The first-order chi connectivity index (χ1) is 11.1. The number of phenols is 1. The molecule has 0 amide bonds. The Bertz CT molecular complexity index is 636. The van der Waals surface area contributed by atoms with Gasteiger partial charge >= 0.3 is 0 Å². The summed E-state index contributed by atoms with van der Waals surface area (Å²) >= 11 is 0. The van der Waals surface area contributed by atoms with Gasteiger partial charge in [-0.3, -0.25) is 0 Å². The van der Waals surface area contributed by atoms with Crippen molar-refractivity contribution in [3.8, 4) is 17.2 Å². The van der Waals surface area contributed by atoms with E-state index in [-0.39, 0.29) is 18.2 Å². The number of hydrogen-bond acceptors (Lipinski definition) is 5. The van der Waals surface area contributed by atoms with Gasteiger partial charge in [-0.05, 0) is 48.4 Å². The van der Waals surface area contributed by atoms with Crippen LogP contribution in [-0.2, 0) is 6.42 Å². The maximum atomic E-state index is 10.1. The first-order valence-electron chi connectivity index (χ1n) is 7.52. The number of halogens is 1. The molecule has 5 nitrogen and oxygen atoms in total. The molecule has 0 saturated heterocycles. The lowest BCUT2D eigenvalue weighted by molar-refractivity contribution is 0.174. The standard InChI is InChI=1S/C18H23NO4.ClH/c1-22-17-7-6-13(10-18(17)23-2)8-9-19-12-16(21)14-4-3-5-15(20)11-14;/h3-7,10-11,16,19-21H,8-9,12H2,1-2H3;1H. The Morgan fingerprint density at radius 3 is 2.46 bits per heavy atom. The number of phenolic OH excluding ortho intramolecular Hbond substituents is 1. The van der Waals surface area contributed by atoms with E-state index in [4.69, 9.17) is 9.47 Å². The number of benzene rings is 2. The minimum Gasteiger partial charge on any atom is -0.508 e. The van der Waals surface area contributed by atoms with Gasteiger partial charge in [-0.15, -0.1) is 12.4 Å². The van der Waals surface area contributed by atoms with E-state index in [1.807, 2.05) is 18.2 Å². The van der Waals surface area contributed by atoms with Crippen molar-refractivity contribution in [3.05, 3.63) is 53.6 Å². The van der Waals surface area contributed by atoms with Crippen molar-refractivity contribution in [3.63, 3.8) is 0 Å². The lowest BCUT2D eigenvalue weighted by Gasteiger charge is -2.13.